The summed E-state index contributed by atoms with van der Waals surface area (Å²) >= 11 is 1.45. The van der Waals surface area contributed by atoms with Crippen molar-refractivity contribution in [2.24, 2.45) is 11.3 Å². The van der Waals surface area contributed by atoms with Gasteiger partial charge >= 0.3 is 6.03 Å². The lowest BCUT2D eigenvalue weighted by Gasteiger charge is -2.29. The Kier molecular flexibility index (Phi) is 5.41. The van der Waals surface area contributed by atoms with Crippen LogP contribution in [0.4, 0.5) is 21.2 Å². The maximum Gasteiger partial charge on any atom is 0.324 e. The average Bonchev–Trinajstić information content (AvgIpc) is 3.07. The summed E-state index contributed by atoms with van der Waals surface area (Å²) in [6.07, 6.45) is 0. The molecule has 0 radical (unpaired) electrons. The Bertz CT molecular complexity index is 831. The van der Waals surface area contributed by atoms with Gasteiger partial charge in [-0.1, -0.05) is 13.8 Å². The number of nitrogens with one attached hydrogen (secondary N) is 2. The first-order valence-electron chi connectivity index (χ1n) is 8.96. The first kappa shape index (κ1) is 19.2. The predicted molar refractivity (Wildman–Crippen MR) is 110 cm³/mol. The van der Waals surface area contributed by atoms with Crippen molar-refractivity contribution in [3.8, 4) is 5.75 Å². The highest BCUT2D eigenvalue weighted by atomic mass is 32.1. The number of ether oxygens (including phenoxy) is 1. The minimum Gasteiger partial charge on any atom is -0.490 e. The van der Waals surface area contributed by atoms with Crippen molar-refractivity contribution >= 4 is 39.7 Å². The summed E-state index contributed by atoms with van der Waals surface area (Å²) in [6.45, 7) is 8.85. The van der Waals surface area contributed by atoms with Crippen molar-refractivity contribution in [2.75, 3.05) is 28.7 Å². The number of carbonyl (C=O) groups excluding carboxylic acids is 2. The zero-order valence-corrected chi connectivity index (χ0v) is 16.9. The Balaban J connectivity index is 1.83. The molecule has 1 aliphatic heterocycles. The fraction of sp³-hybridized carbons (Fsp3) is 0.400. The van der Waals surface area contributed by atoms with Crippen LogP contribution in [-0.2, 0) is 4.79 Å². The van der Waals surface area contributed by atoms with E-state index in [0.717, 1.165) is 10.7 Å². The summed E-state index contributed by atoms with van der Waals surface area (Å²) in [5.74, 6) is 0.972. The van der Waals surface area contributed by atoms with Crippen molar-refractivity contribution in [3.05, 3.63) is 35.7 Å². The lowest BCUT2D eigenvalue weighted by molar-refractivity contribution is -0.127. The SMILES string of the molecule is CC(C)CN1C(=O)C(C)(C)COc2cc(NC(=O)Nc3cccs3)ccc21. The second-order valence-electron chi connectivity index (χ2n) is 7.72. The monoisotopic (exact) mass is 387 g/mol. The molecule has 7 heteroatoms. The number of fused-ring (bicyclic) bond motifs is 1. The van der Waals surface area contributed by atoms with Gasteiger partial charge in [-0.05, 0) is 49.4 Å². The highest BCUT2D eigenvalue weighted by Crippen LogP contribution is 2.38. The van der Waals surface area contributed by atoms with Crippen LogP contribution in [0.15, 0.2) is 35.7 Å². The van der Waals surface area contributed by atoms with Gasteiger partial charge in [0.2, 0.25) is 5.91 Å². The molecule has 0 atom stereocenters. The Morgan fingerprint density at radius 2 is 2.07 bits per heavy atom. The fourth-order valence-electron chi connectivity index (χ4n) is 2.90. The molecule has 144 valence electrons. The molecular weight excluding hydrogens is 362 g/mol. The zero-order chi connectivity index (χ0) is 19.6. The predicted octanol–water partition coefficient (Wildman–Crippen LogP) is 4.80. The summed E-state index contributed by atoms with van der Waals surface area (Å²) in [5.41, 5.74) is 0.737. The highest BCUT2D eigenvalue weighted by Gasteiger charge is 2.38. The van der Waals surface area contributed by atoms with Gasteiger partial charge in [-0.25, -0.2) is 4.79 Å². The highest BCUT2D eigenvalue weighted by molar-refractivity contribution is 7.14. The van der Waals surface area contributed by atoms with E-state index >= 15 is 0 Å². The summed E-state index contributed by atoms with van der Waals surface area (Å²) in [5, 5.41) is 8.26. The van der Waals surface area contributed by atoms with Crippen molar-refractivity contribution in [3.63, 3.8) is 0 Å². The van der Waals surface area contributed by atoms with Gasteiger partial charge in [0.25, 0.3) is 0 Å². The Labute approximate surface area is 163 Å². The van der Waals surface area contributed by atoms with E-state index in [9.17, 15) is 9.59 Å². The molecule has 2 N–H and O–H groups in total. The third-order valence-corrected chi connectivity index (χ3v) is 5.01. The van der Waals surface area contributed by atoms with Gasteiger partial charge in [-0.2, -0.15) is 0 Å². The van der Waals surface area contributed by atoms with Gasteiger partial charge in [0, 0.05) is 18.3 Å². The summed E-state index contributed by atoms with van der Waals surface area (Å²) in [4.78, 5) is 26.9. The van der Waals surface area contributed by atoms with Gasteiger partial charge < -0.3 is 15.0 Å². The maximum atomic E-state index is 13.0. The van der Waals surface area contributed by atoms with Crippen LogP contribution in [0.5, 0.6) is 5.75 Å². The van der Waals surface area contributed by atoms with Gasteiger partial charge in [0.1, 0.15) is 12.4 Å². The molecule has 2 aromatic rings. The standard InChI is InChI=1S/C20H25N3O3S/c1-13(2)11-23-15-8-7-14(21-19(25)22-17-6-5-9-27-17)10-16(15)26-12-20(3,4)18(23)24/h5-10,13H,11-12H2,1-4H3,(H2,21,22,25). The molecule has 0 saturated carbocycles. The lowest BCUT2D eigenvalue weighted by Crippen LogP contribution is -2.43. The number of urea groups is 1. The molecule has 1 aromatic carbocycles. The van der Waals surface area contributed by atoms with Gasteiger partial charge in [0.15, 0.2) is 0 Å². The van der Waals surface area contributed by atoms with Crippen LogP contribution in [0.25, 0.3) is 0 Å². The molecule has 0 spiro atoms. The first-order chi connectivity index (χ1) is 12.8. The number of anilines is 3. The minimum absolute atomic E-state index is 0.0473. The van der Waals surface area contributed by atoms with Crippen LogP contribution in [0, 0.1) is 11.3 Å². The smallest absolute Gasteiger partial charge is 0.324 e. The van der Waals surface area contributed by atoms with Crippen LogP contribution in [0.2, 0.25) is 0 Å². The topological polar surface area (TPSA) is 70.7 Å². The molecule has 27 heavy (non-hydrogen) atoms. The maximum absolute atomic E-state index is 13.0. The molecule has 0 fully saturated rings. The summed E-state index contributed by atoms with van der Waals surface area (Å²) in [7, 11) is 0. The number of rotatable bonds is 4. The second-order valence-corrected chi connectivity index (χ2v) is 8.67. The van der Waals surface area contributed by atoms with E-state index in [0.29, 0.717) is 23.9 Å². The van der Waals surface area contributed by atoms with E-state index < -0.39 is 5.41 Å². The van der Waals surface area contributed by atoms with E-state index in [1.807, 2.05) is 37.4 Å². The molecule has 0 bridgehead atoms. The number of benzene rings is 1. The van der Waals surface area contributed by atoms with E-state index in [1.54, 1.807) is 17.0 Å². The molecule has 3 amide bonds. The molecule has 1 aromatic heterocycles. The molecular formula is C20H25N3O3S. The Hall–Kier alpha value is -2.54. The second kappa shape index (κ2) is 7.60. The quantitative estimate of drug-likeness (QED) is 0.792. The largest absolute Gasteiger partial charge is 0.490 e. The van der Waals surface area contributed by atoms with E-state index in [-0.39, 0.29) is 18.5 Å². The number of thiophene rings is 1. The van der Waals surface area contributed by atoms with Gasteiger partial charge in [-0.3, -0.25) is 10.1 Å². The number of amides is 3. The summed E-state index contributed by atoms with van der Waals surface area (Å²) in [6, 6.07) is 8.78. The van der Waals surface area contributed by atoms with Crippen LogP contribution in [0.3, 0.4) is 0 Å². The fourth-order valence-corrected chi connectivity index (χ4v) is 3.51. The van der Waals surface area contributed by atoms with E-state index in [2.05, 4.69) is 24.5 Å². The first-order valence-corrected chi connectivity index (χ1v) is 9.84. The normalized spacial score (nSPS) is 15.7. The van der Waals surface area contributed by atoms with Crippen molar-refractivity contribution in [1.82, 2.24) is 0 Å². The molecule has 2 heterocycles. The van der Waals surface area contributed by atoms with Crippen LogP contribution < -0.4 is 20.3 Å². The molecule has 1 aliphatic rings. The number of hydrogen-bond acceptors (Lipinski definition) is 4. The average molecular weight is 388 g/mol. The Morgan fingerprint density at radius 1 is 1.30 bits per heavy atom. The molecule has 0 saturated heterocycles. The third kappa shape index (κ3) is 4.42. The van der Waals surface area contributed by atoms with Crippen molar-refractivity contribution in [1.29, 1.82) is 0 Å². The van der Waals surface area contributed by atoms with Crippen LogP contribution in [0.1, 0.15) is 27.7 Å². The van der Waals surface area contributed by atoms with E-state index in [4.69, 9.17) is 4.74 Å². The molecule has 0 aliphatic carbocycles. The third-order valence-electron chi connectivity index (χ3n) is 4.23. The zero-order valence-electron chi connectivity index (χ0n) is 16.0. The molecule has 0 unspecified atom stereocenters. The molecule has 6 nitrogen and oxygen atoms in total. The van der Waals surface area contributed by atoms with Crippen molar-refractivity contribution < 1.29 is 14.3 Å². The minimum atomic E-state index is -0.613. The van der Waals surface area contributed by atoms with E-state index in [1.165, 1.54) is 11.3 Å². The van der Waals surface area contributed by atoms with Crippen LogP contribution in [-0.4, -0.2) is 25.1 Å². The number of hydrogen-bond donors (Lipinski definition) is 2. The lowest BCUT2D eigenvalue weighted by atomic mass is 9.92. The molecule has 3 rings (SSSR count). The van der Waals surface area contributed by atoms with Gasteiger partial charge in [0.05, 0.1) is 16.1 Å². The number of carbonyl (C=O) groups is 2. The van der Waals surface area contributed by atoms with Crippen molar-refractivity contribution in [2.45, 2.75) is 27.7 Å². The van der Waals surface area contributed by atoms with Gasteiger partial charge in [-0.15, -0.1) is 11.3 Å². The number of nitrogens with zero attached hydrogens (tertiary/aromatic N) is 1. The van der Waals surface area contributed by atoms with Crippen LogP contribution >= 0.6 is 11.3 Å². The summed E-state index contributed by atoms with van der Waals surface area (Å²) < 4.78 is 5.94. The Morgan fingerprint density at radius 3 is 2.74 bits per heavy atom.